The van der Waals surface area contributed by atoms with Gasteiger partial charge >= 0.3 is 0 Å². The molecule has 3 heteroatoms. The molecule has 15 heavy (non-hydrogen) atoms. The molecule has 0 aliphatic heterocycles. The number of rotatable bonds is 11. The molecular weight excluding hydrogens is 301 g/mol. The van der Waals surface area contributed by atoms with Crippen LogP contribution in [0.5, 0.6) is 0 Å². The van der Waals surface area contributed by atoms with Crippen molar-refractivity contribution in [3.05, 3.63) is 0 Å². The third-order valence-corrected chi connectivity index (χ3v) is 3.46. The Balaban J connectivity index is 3.06. The predicted molar refractivity (Wildman–Crippen MR) is 74.1 cm³/mol. The summed E-state index contributed by atoms with van der Waals surface area (Å²) in [5.41, 5.74) is 3.80. The quantitative estimate of drug-likeness (QED) is 0.353. The molecule has 0 fully saturated rings. The zero-order valence-electron chi connectivity index (χ0n) is 10.1. The number of ether oxygens (including phenoxy) is 1. The van der Waals surface area contributed by atoms with Crippen LogP contribution in [0.4, 0.5) is 0 Å². The van der Waals surface area contributed by atoms with Gasteiger partial charge in [-0.15, -0.1) is 0 Å². The first-order chi connectivity index (χ1) is 7.31. The zero-order valence-corrected chi connectivity index (χ0v) is 12.3. The van der Waals surface area contributed by atoms with Gasteiger partial charge in [-0.25, -0.2) is 0 Å². The second-order valence-corrected chi connectivity index (χ2v) is 5.43. The average Bonchev–Trinajstić information content (AvgIpc) is 2.23. The first-order valence-electron chi connectivity index (χ1n) is 6.36. The highest BCUT2D eigenvalue weighted by Crippen LogP contribution is 2.14. The largest absolute Gasteiger partial charge is 0.368 e. The standard InChI is InChI=1S/C12H26INO/c1-2-3-4-5-6-7-9-12(13)15-11-8-10-14/h12H,2-11,14H2,1H3/p+1. The average molecular weight is 328 g/mol. The second kappa shape index (κ2) is 12.7. The monoisotopic (exact) mass is 328 g/mol. The smallest absolute Gasteiger partial charge is 0.108 e. The number of alkyl halides is 1. The van der Waals surface area contributed by atoms with E-state index in [4.69, 9.17) is 4.74 Å². The summed E-state index contributed by atoms with van der Waals surface area (Å²) < 4.78 is 6.07. The molecule has 0 aliphatic rings. The van der Waals surface area contributed by atoms with E-state index in [2.05, 4.69) is 35.2 Å². The topological polar surface area (TPSA) is 36.9 Å². The van der Waals surface area contributed by atoms with Crippen molar-refractivity contribution >= 4 is 22.6 Å². The lowest BCUT2D eigenvalue weighted by molar-refractivity contribution is -0.369. The van der Waals surface area contributed by atoms with Crippen LogP contribution in [0.15, 0.2) is 0 Å². The molecule has 0 amide bonds. The zero-order chi connectivity index (χ0) is 11.4. The minimum Gasteiger partial charge on any atom is -0.368 e. The first-order valence-corrected chi connectivity index (χ1v) is 7.60. The van der Waals surface area contributed by atoms with Gasteiger partial charge in [0.25, 0.3) is 0 Å². The molecule has 0 aromatic rings. The molecule has 3 N–H and O–H groups in total. The third-order valence-electron chi connectivity index (χ3n) is 2.48. The minimum atomic E-state index is 0.417. The van der Waals surface area contributed by atoms with Crippen LogP contribution in [-0.4, -0.2) is 17.3 Å². The molecule has 0 saturated heterocycles. The van der Waals surface area contributed by atoms with E-state index in [-0.39, 0.29) is 0 Å². The van der Waals surface area contributed by atoms with Crippen LogP contribution < -0.4 is 5.73 Å². The summed E-state index contributed by atoms with van der Waals surface area (Å²) in [6, 6.07) is 0. The summed E-state index contributed by atoms with van der Waals surface area (Å²) in [6.07, 6.45) is 10.5. The Kier molecular flexibility index (Phi) is 13.3. The van der Waals surface area contributed by atoms with Gasteiger partial charge < -0.3 is 10.5 Å². The first kappa shape index (κ1) is 15.7. The summed E-state index contributed by atoms with van der Waals surface area (Å²) in [4.78, 5) is 0. The summed E-state index contributed by atoms with van der Waals surface area (Å²) in [5, 5.41) is 0. The molecule has 1 unspecified atom stereocenters. The number of halogens is 1. The van der Waals surface area contributed by atoms with Gasteiger partial charge in [-0.3, -0.25) is 0 Å². The second-order valence-electron chi connectivity index (χ2n) is 4.04. The van der Waals surface area contributed by atoms with Crippen molar-refractivity contribution in [3.8, 4) is 0 Å². The van der Waals surface area contributed by atoms with Crippen LogP contribution in [-0.2, 0) is 4.74 Å². The van der Waals surface area contributed by atoms with Crippen LogP contribution in [0.3, 0.4) is 0 Å². The van der Waals surface area contributed by atoms with E-state index in [9.17, 15) is 0 Å². The molecule has 0 aromatic carbocycles. The highest BCUT2D eigenvalue weighted by atomic mass is 127. The molecule has 0 rings (SSSR count). The fourth-order valence-electron chi connectivity index (χ4n) is 1.48. The van der Waals surface area contributed by atoms with Gasteiger partial charge in [0.15, 0.2) is 0 Å². The van der Waals surface area contributed by atoms with Crippen LogP contribution in [0.2, 0.25) is 0 Å². The molecular formula is C12H27INO+. The summed E-state index contributed by atoms with van der Waals surface area (Å²) in [6.45, 7) is 4.13. The Morgan fingerprint density at radius 2 is 1.73 bits per heavy atom. The third kappa shape index (κ3) is 12.6. The fraction of sp³-hybridized carbons (Fsp3) is 1.00. The van der Waals surface area contributed by atoms with Crippen molar-refractivity contribution in [1.82, 2.24) is 0 Å². The number of quaternary nitrogens is 1. The number of hydrogen-bond donors (Lipinski definition) is 1. The lowest BCUT2D eigenvalue weighted by Crippen LogP contribution is -2.50. The van der Waals surface area contributed by atoms with Crippen molar-refractivity contribution in [3.63, 3.8) is 0 Å². The van der Waals surface area contributed by atoms with E-state index in [0.717, 1.165) is 19.6 Å². The lowest BCUT2D eigenvalue weighted by atomic mass is 10.1. The van der Waals surface area contributed by atoms with Crippen molar-refractivity contribution in [1.29, 1.82) is 0 Å². The molecule has 0 radical (unpaired) electrons. The Bertz CT molecular complexity index is 122. The lowest BCUT2D eigenvalue weighted by Gasteiger charge is -2.10. The van der Waals surface area contributed by atoms with Gasteiger partial charge in [0.05, 0.1) is 13.2 Å². The fourth-order valence-corrected chi connectivity index (χ4v) is 2.18. The van der Waals surface area contributed by atoms with Gasteiger partial charge in [0.2, 0.25) is 0 Å². The van der Waals surface area contributed by atoms with Crippen LogP contribution in [0, 0.1) is 0 Å². The maximum atomic E-state index is 5.66. The van der Waals surface area contributed by atoms with E-state index >= 15 is 0 Å². The molecule has 2 nitrogen and oxygen atoms in total. The molecule has 1 atom stereocenters. The summed E-state index contributed by atoms with van der Waals surface area (Å²) in [7, 11) is 0. The Morgan fingerprint density at radius 3 is 2.40 bits per heavy atom. The van der Waals surface area contributed by atoms with Gasteiger partial charge in [0.1, 0.15) is 4.11 Å². The minimum absolute atomic E-state index is 0.417. The highest BCUT2D eigenvalue weighted by Gasteiger charge is 2.02. The SMILES string of the molecule is CCCCCCCCC(I)OCCC[NH3+]. The van der Waals surface area contributed by atoms with E-state index in [1.54, 1.807) is 0 Å². The molecule has 0 aliphatic carbocycles. The van der Waals surface area contributed by atoms with Crippen molar-refractivity contribution < 1.29 is 10.5 Å². The van der Waals surface area contributed by atoms with Gasteiger partial charge in [-0.2, -0.15) is 0 Å². The number of hydrogen-bond acceptors (Lipinski definition) is 1. The molecule has 0 aromatic heterocycles. The van der Waals surface area contributed by atoms with Gasteiger partial charge in [-0.1, -0.05) is 68.0 Å². The molecule has 0 bridgehead atoms. The molecule has 0 saturated carbocycles. The van der Waals surface area contributed by atoms with Gasteiger partial charge in [0, 0.05) is 6.42 Å². The van der Waals surface area contributed by atoms with E-state index in [1.165, 1.54) is 44.9 Å². The van der Waals surface area contributed by atoms with Crippen LogP contribution in [0.1, 0.15) is 58.3 Å². The van der Waals surface area contributed by atoms with Gasteiger partial charge in [-0.05, 0) is 6.42 Å². The molecule has 0 heterocycles. The maximum Gasteiger partial charge on any atom is 0.108 e. The summed E-state index contributed by atoms with van der Waals surface area (Å²) >= 11 is 2.41. The summed E-state index contributed by atoms with van der Waals surface area (Å²) in [5.74, 6) is 0. The van der Waals surface area contributed by atoms with Crippen LogP contribution in [0.25, 0.3) is 0 Å². The Hall–Kier alpha value is 0.650. The van der Waals surface area contributed by atoms with E-state index in [0.29, 0.717) is 4.11 Å². The highest BCUT2D eigenvalue weighted by molar-refractivity contribution is 14.1. The maximum absolute atomic E-state index is 5.66. The number of unbranched alkanes of at least 4 members (excludes halogenated alkanes) is 5. The van der Waals surface area contributed by atoms with Crippen molar-refractivity contribution in [2.45, 2.75) is 62.4 Å². The van der Waals surface area contributed by atoms with Crippen molar-refractivity contribution in [2.75, 3.05) is 13.2 Å². The van der Waals surface area contributed by atoms with E-state index < -0.39 is 0 Å². The Morgan fingerprint density at radius 1 is 1.07 bits per heavy atom. The normalized spacial score (nSPS) is 13.0. The Labute approximate surface area is 108 Å². The van der Waals surface area contributed by atoms with E-state index in [1.807, 2.05) is 0 Å². The van der Waals surface area contributed by atoms with Crippen LogP contribution >= 0.6 is 22.6 Å². The van der Waals surface area contributed by atoms with Crippen molar-refractivity contribution in [2.24, 2.45) is 0 Å². The predicted octanol–water partition coefficient (Wildman–Crippen LogP) is 3.15. The molecule has 0 spiro atoms. The molecule has 92 valence electrons.